The number of esters is 1. The molecule has 0 saturated carbocycles. The number of phenols is 1. The van der Waals surface area contributed by atoms with Crippen molar-refractivity contribution in [2.24, 2.45) is 0 Å². The Kier molecular flexibility index (Phi) is 2.19. The molecule has 1 aromatic carbocycles. The van der Waals surface area contributed by atoms with E-state index in [0.29, 0.717) is 17.6 Å². The fourth-order valence-electron chi connectivity index (χ4n) is 1.62. The Morgan fingerprint density at radius 3 is 2.93 bits per heavy atom. The monoisotopic (exact) mass is 208 g/mol. The van der Waals surface area contributed by atoms with Gasteiger partial charge >= 0.3 is 5.97 Å². The Balaban J connectivity index is 2.44. The average molecular weight is 208 g/mol. The van der Waals surface area contributed by atoms with Crippen LogP contribution in [-0.4, -0.2) is 18.2 Å². The van der Waals surface area contributed by atoms with Crippen LogP contribution in [0.15, 0.2) is 17.7 Å². The molecule has 0 aromatic heterocycles. The van der Waals surface area contributed by atoms with Gasteiger partial charge in [0.25, 0.3) is 0 Å². The number of hydrogen-bond donors (Lipinski definition) is 1. The van der Waals surface area contributed by atoms with Crippen LogP contribution in [-0.2, 0) is 16.0 Å². The molecule has 0 aliphatic heterocycles. The Labute approximate surface area is 85.8 Å². The van der Waals surface area contributed by atoms with Gasteiger partial charge in [0.15, 0.2) is 11.6 Å². The topological polar surface area (TPSA) is 46.5 Å². The van der Waals surface area contributed by atoms with Gasteiger partial charge in [0.05, 0.1) is 7.11 Å². The van der Waals surface area contributed by atoms with E-state index in [9.17, 15) is 9.18 Å². The predicted octanol–water partition coefficient (Wildman–Crippen LogP) is 1.64. The number of fused-ring (bicyclic) bond motifs is 1. The molecule has 1 N–H and O–H groups in total. The number of carbonyl (C=O) groups excluding carboxylic acids is 1. The van der Waals surface area contributed by atoms with E-state index < -0.39 is 17.5 Å². The van der Waals surface area contributed by atoms with Crippen molar-refractivity contribution in [3.05, 3.63) is 34.6 Å². The van der Waals surface area contributed by atoms with Gasteiger partial charge in [0.2, 0.25) is 0 Å². The summed E-state index contributed by atoms with van der Waals surface area (Å²) in [6.07, 6.45) is 1.76. The fourth-order valence-corrected chi connectivity index (χ4v) is 1.62. The quantitative estimate of drug-likeness (QED) is 0.713. The number of rotatable bonds is 1. The van der Waals surface area contributed by atoms with Crippen molar-refractivity contribution in [2.45, 2.75) is 6.42 Å². The van der Waals surface area contributed by atoms with Crippen molar-refractivity contribution in [2.75, 3.05) is 7.11 Å². The van der Waals surface area contributed by atoms with E-state index in [1.54, 1.807) is 6.07 Å². The Morgan fingerprint density at radius 2 is 2.27 bits per heavy atom. The molecule has 0 saturated heterocycles. The van der Waals surface area contributed by atoms with Crippen molar-refractivity contribution in [1.82, 2.24) is 0 Å². The highest BCUT2D eigenvalue weighted by Crippen LogP contribution is 2.31. The zero-order chi connectivity index (χ0) is 11.0. The number of halogens is 1. The average Bonchev–Trinajstić information content (AvgIpc) is 2.67. The zero-order valence-corrected chi connectivity index (χ0v) is 8.08. The molecule has 0 unspecified atom stereocenters. The molecule has 3 nitrogen and oxygen atoms in total. The molecule has 0 bridgehead atoms. The molecule has 1 aromatic rings. The van der Waals surface area contributed by atoms with Crippen LogP contribution in [0, 0.1) is 5.82 Å². The number of benzene rings is 1. The maximum atomic E-state index is 13.4. The Bertz CT molecular complexity index is 463. The van der Waals surface area contributed by atoms with Crippen LogP contribution in [0.2, 0.25) is 0 Å². The van der Waals surface area contributed by atoms with Crippen LogP contribution >= 0.6 is 0 Å². The van der Waals surface area contributed by atoms with Crippen LogP contribution in [0.3, 0.4) is 0 Å². The lowest BCUT2D eigenvalue weighted by atomic mass is 10.1. The zero-order valence-electron chi connectivity index (χ0n) is 8.08. The summed E-state index contributed by atoms with van der Waals surface area (Å²) in [6, 6.07) is 2.88. The lowest BCUT2D eigenvalue weighted by molar-refractivity contribution is -0.136. The molecule has 15 heavy (non-hydrogen) atoms. The minimum atomic E-state index is -0.689. The molecule has 0 amide bonds. The first-order valence-corrected chi connectivity index (χ1v) is 4.42. The van der Waals surface area contributed by atoms with Gasteiger partial charge in [-0.15, -0.1) is 0 Å². The molecule has 0 fully saturated rings. The molecule has 78 valence electrons. The third kappa shape index (κ3) is 1.48. The van der Waals surface area contributed by atoms with E-state index in [-0.39, 0.29) is 5.56 Å². The molecule has 0 atom stereocenters. The van der Waals surface area contributed by atoms with Crippen molar-refractivity contribution in [3.63, 3.8) is 0 Å². The van der Waals surface area contributed by atoms with Crippen molar-refractivity contribution in [3.8, 4) is 5.75 Å². The number of methoxy groups -OCH3 is 1. The highest BCUT2D eigenvalue weighted by atomic mass is 19.1. The number of aromatic hydroxyl groups is 1. The van der Waals surface area contributed by atoms with Gasteiger partial charge in [0, 0.05) is 17.6 Å². The number of phenolic OH excluding ortho intramolecular Hbond substituents is 1. The second-order valence-corrected chi connectivity index (χ2v) is 3.31. The van der Waals surface area contributed by atoms with E-state index in [1.807, 2.05) is 0 Å². The molecule has 0 spiro atoms. The second kappa shape index (κ2) is 3.38. The van der Waals surface area contributed by atoms with E-state index in [1.165, 1.54) is 19.3 Å². The van der Waals surface area contributed by atoms with Crippen LogP contribution in [0.4, 0.5) is 4.39 Å². The minimum absolute atomic E-state index is 0.274. The van der Waals surface area contributed by atoms with E-state index in [4.69, 9.17) is 5.11 Å². The SMILES string of the molecule is COC(=O)C1=Cc2c(ccc(O)c2F)C1. The highest BCUT2D eigenvalue weighted by molar-refractivity contribution is 5.96. The van der Waals surface area contributed by atoms with Gasteiger partial charge in [-0.2, -0.15) is 0 Å². The molecule has 0 heterocycles. The largest absolute Gasteiger partial charge is 0.505 e. The maximum absolute atomic E-state index is 13.4. The first-order valence-electron chi connectivity index (χ1n) is 4.42. The molecule has 4 heteroatoms. The lowest BCUT2D eigenvalue weighted by Gasteiger charge is -2.01. The van der Waals surface area contributed by atoms with Gasteiger partial charge < -0.3 is 9.84 Å². The van der Waals surface area contributed by atoms with Crippen LogP contribution in [0.5, 0.6) is 5.75 Å². The molecule has 2 rings (SSSR count). The lowest BCUT2D eigenvalue weighted by Crippen LogP contribution is -2.03. The molecule has 1 aliphatic carbocycles. The van der Waals surface area contributed by atoms with E-state index in [2.05, 4.69) is 4.74 Å². The molecule has 0 radical (unpaired) electrons. The van der Waals surface area contributed by atoms with Gasteiger partial charge in [-0.3, -0.25) is 0 Å². The summed E-state index contributed by atoms with van der Waals surface area (Å²) >= 11 is 0. The first-order chi connectivity index (χ1) is 7.13. The van der Waals surface area contributed by atoms with E-state index >= 15 is 0 Å². The summed E-state index contributed by atoms with van der Waals surface area (Å²) in [5, 5.41) is 9.15. The third-order valence-corrected chi connectivity index (χ3v) is 2.40. The summed E-state index contributed by atoms with van der Waals surface area (Å²) in [5.41, 5.74) is 1.36. The summed E-state index contributed by atoms with van der Waals surface area (Å²) in [5.74, 6) is -1.56. The molecular weight excluding hydrogens is 199 g/mol. The predicted molar refractivity (Wildman–Crippen MR) is 51.8 cm³/mol. The van der Waals surface area contributed by atoms with Gasteiger partial charge in [0.1, 0.15) is 0 Å². The fraction of sp³-hybridized carbons (Fsp3) is 0.182. The highest BCUT2D eigenvalue weighted by Gasteiger charge is 2.22. The summed E-state index contributed by atoms with van der Waals surface area (Å²) < 4.78 is 17.9. The molecule has 1 aliphatic rings. The van der Waals surface area contributed by atoms with Crippen LogP contribution in [0.25, 0.3) is 6.08 Å². The normalized spacial score (nSPS) is 13.3. The van der Waals surface area contributed by atoms with Crippen molar-refractivity contribution < 1.29 is 19.0 Å². The van der Waals surface area contributed by atoms with Crippen molar-refractivity contribution in [1.29, 1.82) is 0 Å². The maximum Gasteiger partial charge on any atom is 0.334 e. The van der Waals surface area contributed by atoms with Gasteiger partial charge in [-0.25, -0.2) is 9.18 Å². The number of hydrogen-bond acceptors (Lipinski definition) is 3. The van der Waals surface area contributed by atoms with Crippen LogP contribution in [0.1, 0.15) is 11.1 Å². The number of carbonyl (C=O) groups is 1. The van der Waals surface area contributed by atoms with Gasteiger partial charge in [-0.1, -0.05) is 6.07 Å². The van der Waals surface area contributed by atoms with Gasteiger partial charge in [-0.05, 0) is 17.7 Å². The van der Waals surface area contributed by atoms with Crippen LogP contribution < -0.4 is 0 Å². The second-order valence-electron chi connectivity index (χ2n) is 3.31. The summed E-state index contributed by atoms with van der Waals surface area (Å²) in [6.45, 7) is 0. The first kappa shape index (κ1) is 9.71. The third-order valence-electron chi connectivity index (χ3n) is 2.40. The van der Waals surface area contributed by atoms with Crippen molar-refractivity contribution >= 4 is 12.0 Å². The van der Waals surface area contributed by atoms with E-state index in [0.717, 1.165) is 0 Å². The Morgan fingerprint density at radius 1 is 1.53 bits per heavy atom. The summed E-state index contributed by atoms with van der Waals surface area (Å²) in [7, 11) is 1.28. The summed E-state index contributed by atoms with van der Waals surface area (Å²) in [4.78, 5) is 11.2. The minimum Gasteiger partial charge on any atom is -0.505 e. The smallest absolute Gasteiger partial charge is 0.334 e. The standard InChI is InChI=1S/C11H9FO3/c1-15-11(14)7-4-6-2-3-9(13)10(12)8(6)5-7/h2-3,5,13H,4H2,1H3. The Hall–Kier alpha value is -1.84. The molecular formula is C11H9FO3. The number of ether oxygens (including phenoxy) is 1.